The van der Waals surface area contributed by atoms with Gasteiger partial charge in [0.2, 0.25) is 0 Å². The van der Waals surface area contributed by atoms with E-state index in [9.17, 15) is 9.59 Å². The van der Waals surface area contributed by atoms with E-state index in [-0.39, 0.29) is 12.5 Å². The number of hydrogen-bond acceptors (Lipinski definition) is 4. The highest BCUT2D eigenvalue weighted by atomic mass is 16.5. The van der Waals surface area contributed by atoms with Crippen LogP contribution in [0.1, 0.15) is 15.9 Å². The number of methoxy groups -OCH3 is 1. The third kappa shape index (κ3) is 3.48. The Hall–Kier alpha value is -2.04. The molecule has 0 atom stereocenters. The highest BCUT2D eigenvalue weighted by Crippen LogP contribution is 2.20. The maximum absolute atomic E-state index is 11.7. The number of likely N-dealkylation sites (N-methyl/N-ethyl adjacent to an activating group) is 1. The van der Waals surface area contributed by atoms with Crippen molar-refractivity contribution in [3.63, 3.8) is 0 Å². The van der Waals surface area contributed by atoms with Crippen LogP contribution in [-0.2, 0) is 9.53 Å². The lowest BCUT2D eigenvalue weighted by Gasteiger charge is -2.09. The van der Waals surface area contributed by atoms with Gasteiger partial charge in [0.1, 0.15) is 11.3 Å². The number of nitrogens with one attached hydrogen (secondary N) is 1. The summed E-state index contributed by atoms with van der Waals surface area (Å²) in [7, 11) is 2.95. The quantitative estimate of drug-likeness (QED) is 0.790. The summed E-state index contributed by atoms with van der Waals surface area (Å²) in [6.45, 7) is 1.56. The van der Waals surface area contributed by atoms with Crippen LogP contribution in [0.3, 0.4) is 0 Å². The van der Waals surface area contributed by atoms with Crippen molar-refractivity contribution in [1.29, 1.82) is 0 Å². The maximum atomic E-state index is 11.7. The molecule has 1 N–H and O–H groups in total. The van der Waals surface area contributed by atoms with Crippen LogP contribution in [0.15, 0.2) is 18.2 Å². The van der Waals surface area contributed by atoms with E-state index in [0.29, 0.717) is 11.3 Å². The number of ether oxygens (including phenoxy) is 2. The van der Waals surface area contributed by atoms with Crippen molar-refractivity contribution < 1.29 is 19.1 Å². The SMILES string of the molecule is CNC(=O)COC(=O)c1cc(C)ccc1OC. The predicted octanol–water partition coefficient (Wildman–Crippen LogP) is 0.906. The van der Waals surface area contributed by atoms with Crippen molar-refractivity contribution in [3.05, 3.63) is 29.3 Å². The van der Waals surface area contributed by atoms with Gasteiger partial charge in [0, 0.05) is 7.05 Å². The molecular weight excluding hydrogens is 222 g/mol. The highest BCUT2D eigenvalue weighted by molar-refractivity contribution is 5.94. The number of benzene rings is 1. The minimum Gasteiger partial charge on any atom is -0.496 e. The van der Waals surface area contributed by atoms with Gasteiger partial charge in [0.15, 0.2) is 6.61 Å². The molecular formula is C12H15NO4. The van der Waals surface area contributed by atoms with Crippen LogP contribution in [0.5, 0.6) is 5.75 Å². The molecule has 1 amide bonds. The monoisotopic (exact) mass is 237 g/mol. The Bertz CT molecular complexity index is 429. The standard InChI is InChI=1S/C12H15NO4/c1-8-4-5-10(16-3)9(6-8)12(15)17-7-11(14)13-2/h4-6H,7H2,1-3H3,(H,13,14). The second-order valence-electron chi connectivity index (χ2n) is 3.45. The van der Waals surface area contributed by atoms with Crippen LogP contribution in [0.2, 0.25) is 0 Å². The van der Waals surface area contributed by atoms with Gasteiger partial charge in [-0.1, -0.05) is 11.6 Å². The van der Waals surface area contributed by atoms with Gasteiger partial charge in [0.25, 0.3) is 5.91 Å². The van der Waals surface area contributed by atoms with Crippen LogP contribution < -0.4 is 10.1 Å². The fourth-order valence-electron chi connectivity index (χ4n) is 1.26. The van der Waals surface area contributed by atoms with E-state index >= 15 is 0 Å². The molecule has 0 aromatic heterocycles. The predicted molar refractivity (Wildman–Crippen MR) is 62.1 cm³/mol. The summed E-state index contributed by atoms with van der Waals surface area (Å²) < 4.78 is 9.90. The molecule has 5 heteroatoms. The van der Waals surface area contributed by atoms with E-state index in [4.69, 9.17) is 9.47 Å². The van der Waals surface area contributed by atoms with Crippen LogP contribution in [0.25, 0.3) is 0 Å². The molecule has 0 saturated carbocycles. The van der Waals surface area contributed by atoms with Crippen molar-refractivity contribution in [2.24, 2.45) is 0 Å². The molecule has 0 bridgehead atoms. The topological polar surface area (TPSA) is 64.6 Å². The van der Waals surface area contributed by atoms with E-state index in [1.807, 2.05) is 13.0 Å². The Morgan fingerprint density at radius 2 is 2.06 bits per heavy atom. The van der Waals surface area contributed by atoms with Crippen LogP contribution >= 0.6 is 0 Å². The smallest absolute Gasteiger partial charge is 0.342 e. The largest absolute Gasteiger partial charge is 0.496 e. The number of carbonyl (C=O) groups is 2. The van der Waals surface area contributed by atoms with Crippen molar-refractivity contribution in [2.75, 3.05) is 20.8 Å². The first kappa shape index (κ1) is 13.0. The Morgan fingerprint density at radius 3 is 2.65 bits per heavy atom. The molecule has 1 aromatic carbocycles. The van der Waals surface area contributed by atoms with Gasteiger partial charge in [-0.05, 0) is 19.1 Å². The number of carbonyl (C=O) groups excluding carboxylic acids is 2. The summed E-state index contributed by atoms with van der Waals surface area (Å²) in [6, 6.07) is 5.17. The number of rotatable bonds is 4. The Kier molecular flexibility index (Phi) is 4.51. The zero-order valence-electron chi connectivity index (χ0n) is 10.1. The van der Waals surface area contributed by atoms with Gasteiger partial charge < -0.3 is 14.8 Å². The van der Waals surface area contributed by atoms with Gasteiger partial charge in [-0.15, -0.1) is 0 Å². The number of amides is 1. The zero-order chi connectivity index (χ0) is 12.8. The molecule has 0 aliphatic heterocycles. The Labute approximate surface area is 99.7 Å². The van der Waals surface area contributed by atoms with E-state index in [0.717, 1.165) is 5.56 Å². The van der Waals surface area contributed by atoms with Crippen LogP contribution in [-0.4, -0.2) is 32.6 Å². The summed E-state index contributed by atoms with van der Waals surface area (Å²) in [5.41, 5.74) is 1.23. The summed E-state index contributed by atoms with van der Waals surface area (Å²) >= 11 is 0. The third-order valence-corrected chi connectivity index (χ3v) is 2.19. The first-order valence-corrected chi connectivity index (χ1v) is 5.11. The molecule has 0 unspecified atom stereocenters. The molecule has 92 valence electrons. The van der Waals surface area contributed by atoms with Gasteiger partial charge in [0.05, 0.1) is 7.11 Å². The minimum absolute atomic E-state index is 0.299. The molecule has 1 aromatic rings. The number of esters is 1. The third-order valence-electron chi connectivity index (χ3n) is 2.19. The second kappa shape index (κ2) is 5.89. The van der Waals surface area contributed by atoms with Crippen molar-refractivity contribution in [2.45, 2.75) is 6.92 Å². The van der Waals surface area contributed by atoms with E-state index in [1.165, 1.54) is 14.2 Å². The molecule has 5 nitrogen and oxygen atoms in total. The minimum atomic E-state index is -0.575. The summed E-state index contributed by atoms with van der Waals surface area (Å²) in [6.07, 6.45) is 0. The van der Waals surface area contributed by atoms with Crippen molar-refractivity contribution >= 4 is 11.9 Å². The van der Waals surface area contributed by atoms with Crippen molar-refractivity contribution in [1.82, 2.24) is 5.32 Å². The van der Waals surface area contributed by atoms with E-state index in [2.05, 4.69) is 5.32 Å². The summed E-state index contributed by atoms with van der Waals surface area (Å²) in [5.74, 6) is -0.503. The molecule has 0 aliphatic rings. The Balaban J connectivity index is 2.80. The van der Waals surface area contributed by atoms with Crippen molar-refractivity contribution in [3.8, 4) is 5.75 Å². The second-order valence-corrected chi connectivity index (χ2v) is 3.45. The molecule has 0 heterocycles. The number of aryl methyl sites for hydroxylation is 1. The molecule has 0 spiro atoms. The van der Waals surface area contributed by atoms with Gasteiger partial charge in [-0.3, -0.25) is 4.79 Å². The lowest BCUT2D eigenvalue weighted by Crippen LogP contribution is -2.25. The number of hydrogen-bond donors (Lipinski definition) is 1. The first-order chi connectivity index (χ1) is 8.08. The van der Waals surface area contributed by atoms with Crippen LogP contribution in [0.4, 0.5) is 0 Å². The summed E-state index contributed by atoms with van der Waals surface area (Å²) in [4.78, 5) is 22.7. The lowest BCUT2D eigenvalue weighted by molar-refractivity contribution is -0.123. The molecule has 1 rings (SSSR count). The Morgan fingerprint density at radius 1 is 1.35 bits per heavy atom. The molecule has 0 radical (unpaired) electrons. The van der Waals surface area contributed by atoms with Gasteiger partial charge in [-0.25, -0.2) is 4.79 Å². The average Bonchev–Trinajstić information content (AvgIpc) is 2.35. The lowest BCUT2D eigenvalue weighted by atomic mass is 10.1. The molecule has 0 aliphatic carbocycles. The fourth-order valence-corrected chi connectivity index (χ4v) is 1.26. The normalized spacial score (nSPS) is 9.59. The average molecular weight is 237 g/mol. The van der Waals surface area contributed by atoms with E-state index in [1.54, 1.807) is 12.1 Å². The zero-order valence-corrected chi connectivity index (χ0v) is 10.1. The summed E-state index contributed by atoms with van der Waals surface area (Å²) in [5, 5.41) is 2.36. The molecule has 17 heavy (non-hydrogen) atoms. The maximum Gasteiger partial charge on any atom is 0.342 e. The highest BCUT2D eigenvalue weighted by Gasteiger charge is 2.14. The first-order valence-electron chi connectivity index (χ1n) is 5.11. The van der Waals surface area contributed by atoms with Gasteiger partial charge >= 0.3 is 5.97 Å². The molecule has 0 saturated heterocycles. The van der Waals surface area contributed by atoms with Crippen LogP contribution in [0, 0.1) is 6.92 Å². The van der Waals surface area contributed by atoms with E-state index < -0.39 is 5.97 Å². The molecule has 0 fully saturated rings. The fraction of sp³-hybridized carbons (Fsp3) is 0.333. The van der Waals surface area contributed by atoms with Gasteiger partial charge in [-0.2, -0.15) is 0 Å².